The Morgan fingerprint density at radius 1 is 0.754 bits per heavy atom. The number of hydrogen-bond acceptors (Lipinski definition) is 17. The molecule has 0 aliphatic heterocycles. The standard InChI is InChI=1S/C34H25ClN8O10S4/c1-17-3-8-22(9-4-17)42-43-29-27(56(48,49)53-57(50,51)52)15-20-14-23(55(45,46)47)16-25(28(20)30(29)44)38-34-40-32(35)39-33(41-34)36-21-10-6-19(7-11-21)31-37-24-12-5-18(2)13-26(24)54-31/h3-16,44H,1-2H3,(H,45,46,47)(H,50,51,52)(H2,36,38,39,40,41). The molecule has 0 fully saturated rings. The molecule has 0 spiro atoms. The van der Waals surface area contributed by atoms with Gasteiger partial charge < -0.3 is 15.7 Å². The molecule has 0 aliphatic carbocycles. The summed E-state index contributed by atoms with van der Waals surface area (Å²) in [6, 6.07) is 21.9. The Morgan fingerprint density at radius 2 is 1.42 bits per heavy atom. The molecule has 0 saturated carbocycles. The molecule has 7 rings (SSSR count). The highest BCUT2D eigenvalue weighted by atomic mass is 35.5. The first-order valence-corrected chi connectivity index (χ1v) is 21.4. The summed E-state index contributed by atoms with van der Waals surface area (Å²) in [5, 5.41) is 24.8. The molecular weight excluding hydrogens is 844 g/mol. The van der Waals surface area contributed by atoms with Gasteiger partial charge in [-0.1, -0.05) is 23.8 Å². The summed E-state index contributed by atoms with van der Waals surface area (Å²) < 4.78 is 98.2. The summed E-state index contributed by atoms with van der Waals surface area (Å²) in [7, 11) is -16.2. The number of nitrogens with zero attached hydrogens (tertiary/aromatic N) is 6. The Balaban J connectivity index is 1.29. The molecule has 0 saturated heterocycles. The number of anilines is 4. The molecule has 18 nitrogen and oxygen atoms in total. The van der Waals surface area contributed by atoms with Crippen LogP contribution in [0.1, 0.15) is 11.1 Å². The Kier molecular flexibility index (Phi) is 10.4. The number of fused-ring (bicyclic) bond motifs is 2. The maximum Gasteiger partial charge on any atom is 0.412 e. The van der Waals surface area contributed by atoms with E-state index in [1.54, 1.807) is 42.5 Å². The molecule has 2 aromatic heterocycles. The predicted molar refractivity (Wildman–Crippen MR) is 212 cm³/mol. The molecule has 5 N–H and O–H groups in total. The molecule has 23 heteroatoms. The number of nitrogens with one attached hydrogen (secondary N) is 2. The van der Waals surface area contributed by atoms with Gasteiger partial charge in [0.15, 0.2) is 5.75 Å². The van der Waals surface area contributed by atoms with Crippen molar-refractivity contribution in [1.29, 1.82) is 0 Å². The summed E-state index contributed by atoms with van der Waals surface area (Å²) in [4.78, 5) is 15.1. The van der Waals surface area contributed by atoms with Crippen molar-refractivity contribution in [2.45, 2.75) is 23.6 Å². The molecule has 57 heavy (non-hydrogen) atoms. The molecule has 292 valence electrons. The molecule has 7 aromatic rings. The van der Waals surface area contributed by atoms with E-state index in [0.29, 0.717) is 11.8 Å². The summed E-state index contributed by atoms with van der Waals surface area (Å²) >= 11 is 7.78. The molecule has 0 radical (unpaired) electrons. The fourth-order valence-corrected chi connectivity index (χ4v) is 9.04. The van der Waals surface area contributed by atoms with E-state index in [2.05, 4.69) is 45.5 Å². The van der Waals surface area contributed by atoms with Gasteiger partial charge in [0.2, 0.25) is 17.2 Å². The highest BCUT2D eigenvalue weighted by Crippen LogP contribution is 2.46. The lowest BCUT2D eigenvalue weighted by atomic mass is 10.1. The minimum atomic E-state index is -5.65. The number of aromatic nitrogens is 4. The maximum absolute atomic E-state index is 13.1. The normalized spacial score (nSPS) is 12.4. The van der Waals surface area contributed by atoms with Gasteiger partial charge in [0.1, 0.15) is 15.6 Å². The Labute approximate surface area is 332 Å². The number of rotatable bonds is 11. The van der Waals surface area contributed by atoms with Crippen molar-refractivity contribution in [3.8, 4) is 16.3 Å². The van der Waals surface area contributed by atoms with Gasteiger partial charge >= 0.3 is 20.5 Å². The monoisotopic (exact) mass is 868 g/mol. The molecule has 0 unspecified atom stereocenters. The fraction of sp³-hybridized carbons (Fsp3) is 0.0588. The lowest BCUT2D eigenvalue weighted by Gasteiger charge is -2.16. The van der Waals surface area contributed by atoms with Crippen LogP contribution in [0.3, 0.4) is 0 Å². The third kappa shape index (κ3) is 8.97. The van der Waals surface area contributed by atoms with Crippen LogP contribution in [0.4, 0.5) is 34.6 Å². The molecular formula is C34H25ClN8O10S4. The van der Waals surface area contributed by atoms with Crippen LogP contribution >= 0.6 is 22.9 Å². The fourth-order valence-electron chi connectivity index (χ4n) is 5.43. The summed E-state index contributed by atoms with van der Waals surface area (Å²) in [5.41, 5.74) is 3.21. The van der Waals surface area contributed by atoms with Crippen LogP contribution in [0.25, 0.3) is 31.6 Å². The lowest BCUT2D eigenvalue weighted by Crippen LogP contribution is -2.13. The Bertz CT molecular complexity index is 3110. The van der Waals surface area contributed by atoms with Crippen molar-refractivity contribution in [2.75, 3.05) is 10.6 Å². The van der Waals surface area contributed by atoms with Crippen LogP contribution in [0, 0.1) is 13.8 Å². The van der Waals surface area contributed by atoms with E-state index in [0.717, 1.165) is 44.0 Å². The van der Waals surface area contributed by atoms with Gasteiger partial charge in [0, 0.05) is 16.6 Å². The lowest BCUT2D eigenvalue weighted by molar-refractivity contribution is 0.383. The van der Waals surface area contributed by atoms with Crippen molar-refractivity contribution in [3.63, 3.8) is 0 Å². The number of aromatic hydroxyl groups is 1. The van der Waals surface area contributed by atoms with Crippen molar-refractivity contribution in [2.24, 2.45) is 10.2 Å². The summed E-state index contributed by atoms with van der Waals surface area (Å²) in [6.45, 7) is 3.80. The Morgan fingerprint density at radius 3 is 2.09 bits per heavy atom. The zero-order chi connectivity index (χ0) is 40.9. The van der Waals surface area contributed by atoms with Crippen LogP contribution in [0.2, 0.25) is 5.28 Å². The van der Waals surface area contributed by atoms with Gasteiger partial charge in [-0.2, -0.15) is 45.3 Å². The van der Waals surface area contributed by atoms with Crippen LogP contribution in [-0.4, -0.2) is 59.4 Å². The molecule has 0 aliphatic rings. The van der Waals surface area contributed by atoms with Gasteiger partial charge in [-0.15, -0.1) is 20.1 Å². The minimum Gasteiger partial charge on any atom is -0.505 e. The minimum absolute atomic E-state index is 0.0801. The highest BCUT2D eigenvalue weighted by Gasteiger charge is 2.31. The van der Waals surface area contributed by atoms with E-state index in [-0.39, 0.29) is 33.9 Å². The zero-order valence-corrected chi connectivity index (χ0v) is 33.0. The van der Waals surface area contributed by atoms with E-state index >= 15 is 0 Å². The first-order valence-electron chi connectivity index (χ1n) is 16.0. The van der Waals surface area contributed by atoms with Crippen molar-refractivity contribution in [3.05, 3.63) is 101 Å². The van der Waals surface area contributed by atoms with Crippen LogP contribution in [-0.2, 0) is 34.3 Å². The van der Waals surface area contributed by atoms with Crippen LogP contribution < -0.4 is 10.6 Å². The zero-order valence-electron chi connectivity index (χ0n) is 29.0. The van der Waals surface area contributed by atoms with Crippen molar-refractivity contribution >= 4 is 109 Å². The number of azo groups is 1. The van der Waals surface area contributed by atoms with Crippen LogP contribution in [0.15, 0.2) is 105 Å². The van der Waals surface area contributed by atoms with E-state index < -0.39 is 57.2 Å². The molecule has 0 atom stereocenters. The highest BCUT2D eigenvalue weighted by molar-refractivity contribution is 7.97. The number of phenols is 1. The van der Waals surface area contributed by atoms with Gasteiger partial charge in [-0.25, -0.2) is 4.98 Å². The van der Waals surface area contributed by atoms with E-state index in [1.807, 2.05) is 31.2 Å². The average molecular weight is 869 g/mol. The van der Waals surface area contributed by atoms with Crippen LogP contribution in [0.5, 0.6) is 5.75 Å². The molecule has 0 bridgehead atoms. The number of thiazole rings is 1. The Hall–Kier alpha value is -5.72. The largest absolute Gasteiger partial charge is 0.505 e. The second kappa shape index (κ2) is 15.0. The van der Waals surface area contributed by atoms with E-state index in [9.17, 15) is 39.5 Å². The third-order valence-corrected chi connectivity index (χ3v) is 12.3. The van der Waals surface area contributed by atoms with Crippen molar-refractivity contribution in [1.82, 2.24) is 19.9 Å². The quantitative estimate of drug-likeness (QED) is 0.0609. The smallest absolute Gasteiger partial charge is 0.412 e. The van der Waals surface area contributed by atoms with Gasteiger partial charge in [-0.05, 0) is 103 Å². The summed E-state index contributed by atoms with van der Waals surface area (Å²) in [5.74, 6) is -1.39. The number of benzene rings is 5. The molecule has 5 aromatic carbocycles. The van der Waals surface area contributed by atoms with E-state index in [1.165, 1.54) is 12.1 Å². The topological polar surface area (TPSA) is 273 Å². The number of phenolic OH excluding ortho intramolecular Hbond substituents is 1. The molecule has 2 heterocycles. The second-order valence-electron chi connectivity index (χ2n) is 12.2. The number of hydrogen-bond donors (Lipinski definition) is 5. The van der Waals surface area contributed by atoms with Crippen molar-refractivity contribution < 1.29 is 43.1 Å². The maximum atomic E-state index is 13.1. The predicted octanol–water partition coefficient (Wildman–Crippen LogP) is 7.93. The molecule has 0 amide bonds. The van der Waals surface area contributed by atoms with Gasteiger partial charge in [0.05, 0.1) is 26.5 Å². The second-order valence-corrected chi connectivity index (χ2v) is 17.7. The van der Waals surface area contributed by atoms with E-state index in [4.69, 9.17) is 16.6 Å². The number of aryl methyl sites for hydroxylation is 2. The summed E-state index contributed by atoms with van der Waals surface area (Å²) in [6.07, 6.45) is 0. The first kappa shape index (κ1) is 39.5. The SMILES string of the molecule is Cc1ccc(N=Nc2c(S(=O)(=O)OS(=O)(=O)O)cc3cc(S(=O)(=O)O)cc(Nc4nc(Cl)nc(Nc5ccc(-c6nc7ccc(C)cc7s6)cc5)n4)c3c2O)cc1. The first-order chi connectivity index (χ1) is 26.8. The third-order valence-electron chi connectivity index (χ3n) is 7.95. The van der Waals surface area contributed by atoms with Gasteiger partial charge in [-0.3, -0.25) is 9.11 Å². The number of halogens is 1. The average Bonchev–Trinajstić information content (AvgIpc) is 3.53. The van der Waals surface area contributed by atoms with Gasteiger partial charge in [0.25, 0.3) is 10.1 Å².